The van der Waals surface area contributed by atoms with Gasteiger partial charge in [-0.1, -0.05) is 12.2 Å². The van der Waals surface area contributed by atoms with Gasteiger partial charge in [0.1, 0.15) is 16.6 Å². The topological polar surface area (TPSA) is 66.4 Å². The molecule has 2 saturated heterocycles. The van der Waals surface area contributed by atoms with Gasteiger partial charge in [0, 0.05) is 37.8 Å². The molecule has 7 nitrogen and oxygen atoms in total. The van der Waals surface area contributed by atoms with Crippen molar-refractivity contribution in [2.75, 3.05) is 39.4 Å². The second-order valence-electron chi connectivity index (χ2n) is 6.73. The van der Waals surface area contributed by atoms with Crippen LogP contribution in [-0.2, 0) is 4.74 Å². The third kappa shape index (κ3) is 4.95. The number of nitrogens with one attached hydrogen (secondary N) is 1. The Morgan fingerprint density at radius 1 is 1.31 bits per heavy atom. The molecule has 3 aliphatic rings. The zero-order valence-corrected chi connectivity index (χ0v) is 17.4. The van der Waals surface area contributed by atoms with Crippen molar-refractivity contribution in [1.82, 2.24) is 15.3 Å². The summed E-state index contributed by atoms with van der Waals surface area (Å²) in [5, 5.41) is 2.81. The number of halogens is 1. The van der Waals surface area contributed by atoms with Gasteiger partial charge < -0.3 is 14.4 Å². The fourth-order valence-corrected chi connectivity index (χ4v) is 4.37. The number of hydrogen-bond acceptors (Lipinski definition) is 7. The number of thiocarbonyl (C=S) groups is 1. The summed E-state index contributed by atoms with van der Waals surface area (Å²) in [6.45, 7) is 3.61. The molecule has 0 bridgehead atoms. The van der Waals surface area contributed by atoms with Crippen molar-refractivity contribution in [1.29, 1.82) is 0 Å². The first-order valence-corrected chi connectivity index (χ1v) is 10.7. The fraction of sp³-hybridized carbons (Fsp3) is 0.421. The molecular formula is C19H21FN4O3S2. The number of amides is 1. The molecule has 0 aliphatic carbocycles. The smallest absolute Gasteiger partial charge is 0.409 e. The lowest BCUT2D eigenvalue weighted by atomic mass is 10.2. The normalized spacial score (nSPS) is 21.5. The van der Waals surface area contributed by atoms with Crippen LogP contribution in [0.3, 0.4) is 0 Å². The van der Waals surface area contributed by atoms with E-state index in [1.54, 1.807) is 17.0 Å². The summed E-state index contributed by atoms with van der Waals surface area (Å²) in [5.74, 6) is -0.324. The van der Waals surface area contributed by atoms with Crippen molar-refractivity contribution >= 4 is 46.3 Å². The quantitative estimate of drug-likeness (QED) is 0.565. The number of carbonyl (C=O) groups is 1. The minimum Gasteiger partial charge on any atom is -0.409 e. The molecule has 1 amide bonds. The van der Waals surface area contributed by atoms with Crippen LogP contribution in [0.15, 0.2) is 28.1 Å². The van der Waals surface area contributed by atoms with Gasteiger partial charge in [-0.3, -0.25) is 5.01 Å². The number of carbonyl (C=O) groups excluding carboxylic acids is 1. The van der Waals surface area contributed by atoms with Crippen molar-refractivity contribution in [3.05, 3.63) is 34.5 Å². The molecule has 1 aromatic rings. The summed E-state index contributed by atoms with van der Waals surface area (Å²) in [5.41, 5.74) is 3.88. The summed E-state index contributed by atoms with van der Waals surface area (Å²) in [6.07, 6.45) is 3.50. The first-order valence-electron chi connectivity index (χ1n) is 9.48. The lowest BCUT2D eigenvalue weighted by Crippen LogP contribution is -2.45. The molecule has 3 heterocycles. The molecule has 0 radical (unpaired) electrons. The molecule has 154 valence electrons. The minimum atomic E-state index is -0.519. The molecule has 4 rings (SSSR count). The average Bonchev–Trinajstić information content (AvgIpc) is 3.11. The van der Waals surface area contributed by atoms with Crippen LogP contribution < -0.4 is 10.2 Å². The highest BCUT2D eigenvalue weighted by Gasteiger charge is 2.26. The third-order valence-corrected chi connectivity index (χ3v) is 6.15. The van der Waals surface area contributed by atoms with Crippen LogP contribution in [0.1, 0.15) is 18.4 Å². The third-order valence-electron chi connectivity index (χ3n) is 4.68. The molecule has 0 aromatic heterocycles. The first-order chi connectivity index (χ1) is 14.1. The predicted octanol–water partition coefficient (Wildman–Crippen LogP) is 3.03. The van der Waals surface area contributed by atoms with Crippen molar-refractivity contribution in [3.8, 4) is 5.75 Å². The monoisotopic (exact) mass is 436 g/mol. The molecular weight excluding hydrogens is 415 g/mol. The molecule has 0 saturated carbocycles. The van der Waals surface area contributed by atoms with E-state index in [9.17, 15) is 9.18 Å². The van der Waals surface area contributed by atoms with E-state index in [1.165, 1.54) is 23.9 Å². The van der Waals surface area contributed by atoms with E-state index in [1.807, 2.05) is 5.01 Å². The van der Waals surface area contributed by atoms with E-state index in [2.05, 4.69) is 10.4 Å². The maximum Gasteiger partial charge on any atom is 0.415 e. The van der Waals surface area contributed by atoms with Crippen molar-refractivity contribution in [3.63, 3.8) is 0 Å². The van der Waals surface area contributed by atoms with E-state index < -0.39 is 11.9 Å². The largest absolute Gasteiger partial charge is 0.415 e. The number of hydrogen-bond donors (Lipinski definition) is 1. The van der Waals surface area contributed by atoms with Gasteiger partial charge in [-0.2, -0.15) is 0 Å². The summed E-state index contributed by atoms with van der Waals surface area (Å²) < 4.78 is 24.6. The Labute approximate surface area is 177 Å². The molecule has 0 unspecified atom stereocenters. The van der Waals surface area contributed by atoms with Crippen molar-refractivity contribution in [2.24, 2.45) is 4.99 Å². The SMILES string of the molecule is O=C(Oc1cc(F)ccc1C=C1SC(N2CCCCN2)=NC1=S)N1CCOCC1. The van der Waals surface area contributed by atoms with E-state index >= 15 is 0 Å². The lowest BCUT2D eigenvalue weighted by Gasteiger charge is -2.28. The van der Waals surface area contributed by atoms with Crippen LogP contribution in [0.5, 0.6) is 5.75 Å². The number of morpholine rings is 1. The maximum absolute atomic E-state index is 13.8. The Bertz CT molecular complexity index is 865. The van der Waals surface area contributed by atoms with E-state index in [-0.39, 0.29) is 5.75 Å². The van der Waals surface area contributed by atoms with Crippen LogP contribution in [0.25, 0.3) is 6.08 Å². The van der Waals surface area contributed by atoms with Crippen LogP contribution in [0.2, 0.25) is 0 Å². The van der Waals surface area contributed by atoms with Gasteiger partial charge in [0.05, 0.1) is 18.1 Å². The number of hydrazine groups is 1. The number of amidine groups is 1. The maximum atomic E-state index is 13.8. The Hall–Kier alpha value is -2.01. The number of aliphatic imine (C=N–C) groups is 1. The molecule has 0 spiro atoms. The Balaban J connectivity index is 1.51. The molecule has 1 aromatic carbocycles. The predicted molar refractivity (Wildman–Crippen MR) is 114 cm³/mol. The summed E-state index contributed by atoms with van der Waals surface area (Å²) in [4.78, 5) is 19.7. The van der Waals surface area contributed by atoms with Gasteiger partial charge in [-0.05, 0) is 42.8 Å². The highest BCUT2D eigenvalue weighted by atomic mass is 32.2. The minimum absolute atomic E-state index is 0.155. The van der Waals surface area contributed by atoms with Crippen LogP contribution >= 0.6 is 24.0 Å². The Morgan fingerprint density at radius 3 is 2.90 bits per heavy atom. The second kappa shape index (κ2) is 9.21. The molecule has 29 heavy (non-hydrogen) atoms. The molecule has 2 fully saturated rings. The summed E-state index contributed by atoms with van der Waals surface area (Å²) in [6, 6.07) is 4.11. The van der Waals surface area contributed by atoms with E-state index in [0.717, 1.165) is 36.0 Å². The number of ether oxygens (including phenoxy) is 2. The highest BCUT2D eigenvalue weighted by molar-refractivity contribution is 8.19. The fourth-order valence-electron chi connectivity index (χ4n) is 3.13. The zero-order chi connectivity index (χ0) is 20.2. The molecule has 3 aliphatic heterocycles. The summed E-state index contributed by atoms with van der Waals surface area (Å²) in [7, 11) is 0. The van der Waals surface area contributed by atoms with Crippen molar-refractivity contribution in [2.45, 2.75) is 12.8 Å². The number of rotatable bonds is 2. The van der Waals surface area contributed by atoms with Gasteiger partial charge >= 0.3 is 6.09 Å². The van der Waals surface area contributed by atoms with Gasteiger partial charge in [0.2, 0.25) is 0 Å². The number of thioether (sulfide) groups is 1. The summed E-state index contributed by atoms with van der Waals surface area (Å²) >= 11 is 6.86. The van der Waals surface area contributed by atoms with Gasteiger partial charge in [0.15, 0.2) is 5.17 Å². The van der Waals surface area contributed by atoms with Gasteiger partial charge in [-0.25, -0.2) is 19.6 Å². The zero-order valence-electron chi connectivity index (χ0n) is 15.7. The first kappa shape index (κ1) is 20.3. The average molecular weight is 437 g/mol. The molecule has 10 heteroatoms. The van der Waals surface area contributed by atoms with Crippen LogP contribution in [0, 0.1) is 5.82 Å². The second-order valence-corrected chi connectivity index (χ2v) is 8.12. The van der Waals surface area contributed by atoms with Gasteiger partial charge in [0.25, 0.3) is 0 Å². The Kier molecular flexibility index (Phi) is 6.43. The highest BCUT2D eigenvalue weighted by Crippen LogP contribution is 2.33. The lowest BCUT2D eigenvalue weighted by molar-refractivity contribution is 0.0415. The molecule has 1 N–H and O–H groups in total. The number of benzene rings is 1. The number of nitrogens with zero attached hydrogens (tertiary/aromatic N) is 3. The van der Waals surface area contributed by atoms with Crippen LogP contribution in [0.4, 0.5) is 9.18 Å². The molecule has 0 atom stereocenters. The van der Waals surface area contributed by atoms with Gasteiger partial charge in [-0.15, -0.1) is 0 Å². The van der Waals surface area contributed by atoms with Crippen molar-refractivity contribution < 1.29 is 18.7 Å². The Morgan fingerprint density at radius 2 is 2.14 bits per heavy atom. The van der Waals surface area contributed by atoms with Crippen LogP contribution in [-0.4, -0.2) is 65.6 Å². The van der Waals surface area contributed by atoms with E-state index in [0.29, 0.717) is 36.9 Å². The standard InChI is InChI=1S/C19H21FN4O3S2/c20-14-4-3-13(15(12-14)27-19(25)23-7-9-26-10-8-23)11-16-17(28)22-18(29-16)24-6-2-1-5-21-24/h3-4,11-12,21H,1-2,5-10H2. The van der Waals surface area contributed by atoms with E-state index in [4.69, 9.17) is 21.7 Å².